The van der Waals surface area contributed by atoms with Gasteiger partial charge < -0.3 is 14.9 Å². The van der Waals surface area contributed by atoms with E-state index in [1.54, 1.807) is 0 Å². The van der Waals surface area contributed by atoms with Crippen LogP contribution >= 0.6 is 0 Å². The van der Waals surface area contributed by atoms with Gasteiger partial charge in [0.05, 0.1) is 12.7 Å². The summed E-state index contributed by atoms with van der Waals surface area (Å²) in [4.78, 5) is 0. The fourth-order valence-corrected chi connectivity index (χ4v) is 0.881. The molecule has 1 rings (SSSR count). The maximum absolute atomic E-state index is 9.11. The smallest absolute Gasteiger partial charge is 0.157 e. The molecule has 9 heavy (non-hydrogen) atoms. The minimum atomic E-state index is -0.754. The van der Waals surface area contributed by atoms with E-state index in [1.165, 1.54) is 0 Å². The molecule has 0 spiro atoms. The molecule has 0 amide bonds. The Kier molecular flexibility index (Phi) is 2.05. The minimum Gasteiger partial charge on any atom is -0.393 e. The zero-order chi connectivity index (χ0) is 6.85. The van der Waals surface area contributed by atoms with Gasteiger partial charge in [0.2, 0.25) is 0 Å². The Morgan fingerprint density at radius 1 is 1.44 bits per heavy atom. The van der Waals surface area contributed by atoms with Crippen molar-refractivity contribution in [3.05, 3.63) is 0 Å². The number of aliphatic hydroxyl groups excluding tert-OH is 2. The highest BCUT2D eigenvalue weighted by molar-refractivity contribution is 4.69. The van der Waals surface area contributed by atoms with E-state index in [-0.39, 0.29) is 5.92 Å². The highest BCUT2D eigenvalue weighted by atomic mass is 16.6. The maximum Gasteiger partial charge on any atom is 0.157 e. The number of rotatable bonds is 0. The Labute approximate surface area is 54.3 Å². The topological polar surface area (TPSA) is 49.7 Å². The third kappa shape index (κ3) is 1.64. The summed E-state index contributed by atoms with van der Waals surface area (Å²) >= 11 is 0. The standard InChI is InChI=1S/C6H12O3/c1-4-3-9-6(8)2-5(4)7/h4-8H,2-3H2,1H3/t4-,5+,6?/m0/s1. The molecule has 1 aliphatic heterocycles. The molecule has 1 aliphatic rings. The van der Waals surface area contributed by atoms with Crippen molar-refractivity contribution in [3.8, 4) is 0 Å². The van der Waals surface area contributed by atoms with Gasteiger partial charge in [-0.25, -0.2) is 0 Å². The second-order valence-corrected chi connectivity index (χ2v) is 2.57. The molecule has 0 aromatic rings. The molecule has 0 radical (unpaired) electrons. The SMILES string of the molecule is C[C@H]1COC(O)C[C@H]1O. The van der Waals surface area contributed by atoms with Crippen LogP contribution in [0.2, 0.25) is 0 Å². The molecule has 1 unspecified atom stereocenters. The summed E-state index contributed by atoms with van der Waals surface area (Å²) in [6.07, 6.45) is -0.800. The second kappa shape index (κ2) is 2.64. The van der Waals surface area contributed by atoms with E-state index < -0.39 is 12.4 Å². The minimum absolute atomic E-state index is 0.161. The van der Waals surface area contributed by atoms with Crippen molar-refractivity contribution in [1.82, 2.24) is 0 Å². The Bertz CT molecular complexity index is 94.3. The number of ether oxygens (including phenoxy) is 1. The van der Waals surface area contributed by atoms with Crippen LogP contribution in [0.4, 0.5) is 0 Å². The first-order valence-electron chi connectivity index (χ1n) is 3.18. The molecule has 3 atom stereocenters. The lowest BCUT2D eigenvalue weighted by molar-refractivity contribution is -0.172. The lowest BCUT2D eigenvalue weighted by Gasteiger charge is -2.27. The summed E-state index contributed by atoms with van der Waals surface area (Å²) < 4.78 is 4.86. The van der Waals surface area contributed by atoms with Crippen LogP contribution in [0.25, 0.3) is 0 Å². The molecular formula is C6H12O3. The molecule has 0 aromatic heterocycles. The Morgan fingerprint density at radius 2 is 2.11 bits per heavy atom. The van der Waals surface area contributed by atoms with Crippen LogP contribution in [0.1, 0.15) is 13.3 Å². The molecule has 0 bridgehead atoms. The molecule has 3 heteroatoms. The zero-order valence-electron chi connectivity index (χ0n) is 5.45. The van der Waals surface area contributed by atoms with Gasteiger partial charge in [-0.15, -0.1) is 0 Å². The third-order valence-electron chi connectivity index (χ3n) is 1.65. The highest BCUT2D eigenvalue weighted by Gasteiger charge is 2.24. The molecule has 2 N–H and O–H groups in total. The van der Waals surface area contributed by atoms with Crippen LogP contribution in [0, 0.1) is 5.92 Å². The largest absolute Gasteiger partial charge is 0.393 e. The van der Waals surface area contributed by atoms with Gasteiger partial charge in [-0.3, -0.25) is 0 Å². The van der Waals surface area contributed by atoms with Crippen molar-refractivity contribution in [3.63, 3.8) is 0 Å². The van der Waals surface area contributed by atoms with Crippen LogP contribution < -0.4 is 0 Å². The lowest BCUT2D eigenvalue weighted by Crippen LogP contribution is -2.35. The zero-order valence-corrected chi connectivity index (χ0v) is 5.45. The van der Waals surface area contributed by atoms with Gasteiger partial charge in [0, 0.05) is 12.3 Å². The van der Waals surface area contributed by atoms with E-state index in [0.717, 1.165) is 0 Å². The predicted octanol–water partition coefficient (Wildman–Crippen LogP) is -0.278. The maximum atomic E-state index is 9.11. The van der Waals surface area contributed by atoms with Gasteiger partial charge in [-0.05, 0) is 0 Å². The molecule has 0 aromatic carbocycles. The number of aliphatic hydroxyl groups is 2. The highest BCUT2D eigenvalue weighted by Crippen LogP contribution is 2.16. The Morgan fingerprint density at radius 3 is 2.56 bits per heavy atom. The van der Waals surface area contributed by atoms with E-state index in [1.807, 2.05) is 6.92 Å². The third-order valence-corrected chi connectivity index (χ3v) is 1.65. The van der Waals surface area contributed by atoms with Crippen molar-refractivity contribution in [2.24, 2.45) is 5.92 Å². The Balaban J connectivity index is 2.35. The van der Waals surface area contributed by atoms with E-state index in [2.05, 4.69) is 0 Å². The van der Waals surface area contributed by atoms with Gasteiger partial charge in [-0.2, -0.15) is 0 Å². The molecule has 1 saturated heterocycles. The molecule has 1 fully saturated rings. The normalized spacial score (nSPS) is 45.0. The average Bonchev–Trinajstić information content (AvgIpc) is 1.80. The van der Waals surface area contributed by atoms with Crippen LogP contribution in [0.15, 0.2) is 0 Å². The quantitative estimate of drug-likeness (QED) is 0.476. The van der Waals surface area contributed by atoms with Crippen molar-refractivity contribution >= 4 is 0 Å². The summed E-state index contributed by atoms with van der Waals surface area (Å²) in [5.41, 5.74) is 0. The summed E-state index contributed by atoms with van der Waals surface area (Å²) in [5.74, 6) is 0.161. The molecule has 0 aliphatic carbocycles. The van der Waals surface area contributed by atoms with Crippen LogP contribution in [0.3, 0.4) is 0 Å². The summed E-state index contributed by atoms with van der Waals surface area (Å²) in [7, 11) is 0. The second-order valence-electron chi connectivity index (χ2n) is 2.57. The van der Waals surface area contributed by atoms with Gasteiger partial charge in [0.15, 0.2) is 6.29 Å². The van der Waals surface area contributed by atoms with Crippen molar-refractivity contribution in [1.29, 1.82) is 0 Å². The van der Waals surface area contributed by atoms with Gasteiger partial charge in [0.25, 0.3) is 0 Å². The van der Waals surface area contributed by atoms with Crippen molar-refractivity contribution < 1.29 is 14.9 Å². The number of hydrogen-bond acceptors (Lipinski definition) is 3. The molecule has 0 saturated carbocycles. The van der Waals surface area contributed by atoms with E-state index in [0.29, 0.717) is 13.0 Å². The van der Waals surface area contributed by atoms with Crippen LogP contribution in [-0.2, 0) is 4.74 Å². The van der Waals surface area contributed by atoms with E-state index in [9.17, 15) is 0 Å². The van der Waals surface area contributed by atoms with Crippen molar-refractivity contribution in [2.45, 2.75) is 25.7 Å². The fraction of sp³-hybridized carbons (Fsp3) is 1.00. The average molecular weight is 132 g/mol. The van der Waals surface area contributed by atoms with Crippen molar-refractivity contribution in [2.75, 3.05) is 6.61 Å². The molecule has 54 valence electrons. The Hall–Kier alpha value is -0.120. The van der Waals surface area contributed by atoms with E-state index >= 15 is 0 Å². The first-order valence-corrected chi connectivity index (χ1v) is 3.18. The summed E-state index contributed by atoms with van der Waals surface area (Å²) in [6, 6.07) is 0. The molecular weight excluding hydrogens is 120 g/mol. The number of hydrogen-bond donors (Lipinski definition) is 2. The van der Waals surface area contributed by atoms with Crippen LogP contribution in [0.5, 0.6) is 0 Å². The first kappa shape index (κ1) is 6.99. The fourth-order valence-electron chi connectivity index (χ4n) is 0.881. The lowest BCUT2D eigenvalue weighted by atomic mass is 10.0. The summed E-state index contributed by atoms with van der Waals surface area (Å²) in [5, 5.41) is 17.9. The van der Waals surface area contributed by atoms with E-state index in [4.69, 9.17) is 14.9 Å². The van der Waals surface area contributed by atoms with Crippen LogP contribution in [-0.4, -0.2) is 29.2 Å². The van der Waals surface area contributed by atoms with Gasteiger partial charge >= 0.3 is 0 Å². The monoisotopic (exact) mass is 132 g/mol. The van der Waals surface area contributed by atoms with Gasteiger partial charge in [0.1, 0.15) is 0 Å². The van der Waals surface area contributed by atoms with Gasteiger partial charge in [-0.1, -0.05) is 6.92 Å². The predicted molar refractivity (Wildman–Crippen MR) is 31.7 cm³/mol. The summed E-state index contributed by atoms with van der Waals surface area (Å²) in [6.45, 7) is 2.36. The first-order chi connectivity index (χ1) is 4.20. The molecule has 1 heterocycles. The molecule has 3 nitrogen and oxygen atoms in total.